The Kier molecular flexibility index (Phi) is 7.17. The minimum absolute atomic E-state index is 0.235. The average Bonchev–Trinajstić information content (AvgIpc) is 3.50. The molecular weight excluding hydrogens is 457 g/mol. The molecule has 0 aromatic heterocycles. The molecule has 182 valence electrons. The van der Waals surface area contributed by atoms with E-state index in [2.05, 4.69) is 15.3 Å². The van der Waals surface area contributed by atoms with Crippen LogP contribution in [0.2, 0.25) is 0 Å². The number of amidine groups is 1. The second-order valence-electron chi connectivity index (χ2n) is 9.11. The van der Waals surface area contributed by atoms with Crippen LogP contribution in [0.15, 0.2) is 28.1 Å². The Balaban J connectivity index is 1.26. The number of halogens is 1. The van der Waals surface area contributed by atoms with Gasteiger partial charge in [-0.1, -0.05) is 6.42 Å². The molecule has 0 saturated carbocycles. The molecule has 0 unspecified atom stereocenters. The van der Waals surface area contributed by atoms with Crippen LogP contribution in [0.3, 0.4) is 0 Å². The number of nitrogens with zero attached hydrogens (tertiary/aromatic N) is 4. The second kappa shape index (κ2) is 10.5. The topological polar surface area (TPSA) is 77.5 Å². The zero-order chi connectivity index (χ0) is 23.5. The van der Waals surface area contributed by atoms with Crippen molar-refractivity contribution < 1.29 is 18.7 Å². The van der Waals surface area contributed by atoms with Gasteiger partial charge in [-0.3, -0.25) is 14.7 Å². The van der Waals surface area contributed by atoms with E-state index in [4.69, 9.17) is 4.74 Å². The average molecular weight is 488 g/mol. The number of carbonyl (C=O) groups excluding carboxylic acids is 2. The van der Waals surface area contributed by atoms with E-state index < -0.39 is 11.9 Å². The van der Waals surface area contributed by atoms with E-state index in [0.29, 0.717) is 34.8 Å². The molecule has 10 heteroatoms. The minimum Gasteiger partial charge on any atom is -0.410 e. The molecule has 5 rings (SSSR count). The van der Waals surface area contributed by atoms with E-state index >= 15 is 0 Å². The van der Waals surface area contributed by atoms with Crippen molar-refractivity contribution in [3.63, 3.8) is 0 Å². The van der Waals surface area contributed by atoms with Crippen LogP contribution in [-0.4, -0.2) is 77.3 Å². The summed E-state index contributed by atoms with van der Waals surface area (Å²) in [4.78, 5) is 34.1. The van der Waals surface area contributed by atoms with E-state index in [0.717, 1.165) is 45.4 Å². The van der Waals surface area contributed by atoms with E-state index in [-0.39, 0.29) is 11.7 Å². The van der Waals surface area contributed by atoms with E-state index in [1.165, 1.54) is 49.2 Å². The Morgan fingerprint density at radius 3 is 2.76 bits per heavy atom. The van der Waals surface area contributed by atoms with Crippen LogP contribution in [0.5, 0.6) is 5.75 Å². The van der Waals surface area contributed by atoms with Crippen molar-refractivity contribution in [2.24, 2.45) is 4.99 Å². The third-order valence-electron chi connectivity index (χ3n) is 6.74. The van der Waals surface area contributed by atoms with Gasteiger partial charge < -0.3 is 9.64 Å². The maximum absolute atomic E-state index is 14.1. The zero-order valence-electron chi connectivity index (χ0n) is 19.2. The van der Waals surface area contributed by atoms with Gasteiger partial charge in [0.25, 0.3) is 5.91 Å². The van der Waals surface area contributed by atoms with Crippen LogP contribution in [-0.2, 0) is 4.79 Å². The predicted octanol–water partition coefficient (Wildman–Crippen LogP) is 3.46. The molecule has 34 heavy (non-hydrogen) atoms. The fourth-order valence-electron chi connectivity index (χ4n) is 4.88. The van der Waals surface area contributed by atoms with Crippen molar-refractivity contribution in [2.45, 2.75) is 44.6 Å². The van der Waals surface area contributed by atoms with Gasteiger partial charge in [-0.25, -0.2) is 14.6 Å². The Bertz CT molecular complexity index is 1000. The molecule has 2 amide bonds. The number of thioether (sulfide) groups is 1. The van der Waals surface area contributed by atoms with Crippen molar-refractivity contribution >= 4 is 35.0 Å². The summed E-state index contributed by atoms with van der Waals surface area (Å²) in [5.41, 5.74) is 3.58. The number of hydrazine groups is 1. The molecule has 0 radical (unpaired) electrons. The highest BCUT2D eigenvalue weighted by Gasteiger charge is 2.32. The van der Waals surface area contributed by atoms with Gasteiger partial charge in [-0.2, -0.15) is 4.99 Å². The Morgan fingerprint density at radius 1 is 1.15 bits per heavy atom. The lowest BCUT2D eigenvalue weighted by Crippen LogP contribution is -2.45. The number of carbonyl (C=O) groups is 2. The number of benzene rings is 1. The van der Waals surface area contributed by atoms with E-state index in [1.54, 1.807) is 11.0 Å². The highest BCUT2D eigenvalue weighted by atomic mass is 32.2. The van der Waals surface area contributed by atoms with Gasteiger partial charge in [0.05, 0.1) is 4.91 Å². The fourth-order valence-corrected chi connectivity index (χ4v) is 5.79. The number of likely N-dealkylation sites (tertiary alicyclic amines) is 2. The molecule has 0 spiro atoms. The molecule has 4 heterocycles. The number of rotatable bonds is 3. The monoisotopic (exact) mass is 487 g/mol. The van der Waals surface area contributed by atoms with Crippen LogP contribution in [0.1, 0.15) is 44.1 Å². The van der Waals surface area contributed by atoms with Crippen molar-refractivity contribution in [2.75, 3.05) is 39.3 Å². The second-order valence-corrected chi connectivity index (χ2v) is 10.1. The minimum atomic E-state index is -0.465. The summed E-state index contributed by atoms with van der Waals surface area (Å²) < 4.78 is 19.7. The molecule has 1 atom stereocenters. The molecule has 3 fully saturated rings. The van der Waals surface area contributed by atoms with Gasteiger partial charge >= 0.3 is 6.09 Å². The summed E-state index contributed by atoms with van der Waals surface area (Å²) in [6, 6.07) is 4.35. The summed E-state index contributed by atoms with van der Waals surface area (Å²) >= 11 is 1.24. The third kappa shape index (κ3) is 5.29. The number of hydrogen-bond donors (Lipinski definition) is 1. The lowest BCUT2D eigenvalue weighted by Gasteiger charge is -2.32. The first-order valence-corrected chi connectivity index (χ1v) is 12.9. The molecule has 4 aliphatic heterocycles. The number of ether oxygens (including phenoxy) is 1. The fraction of sp³-hybridized carbons (Fsp3) is 0.542. The molecule has 3 saturated heterocycles. The zero-order valence-corrected chi connectivity index (χ0v) is 20.0. The Morgan fingerprint density at radius 2 is 1.97 bits per heavy atom. The molecule has 0 bridgehead atoms. The molecule has 0 aliphatic carbocycles. The maximum Gasteiger partial charge on any atom is 0.415 e. The summed E-state index contributed by atoms with van der Waals surface area (Å²) in [5, 5.41) is 2.47. The normalized spacial score (nSPS) is 25.2. The first-order chi connectivity index (χ1) is 16.6. The Hall–Kier alpha value is -2.43. The van der Waals surface area contributed by atoms with Crippen LogP contribution in [0.4, 0.5) is 9.18 Å². The highest BCUT2D eigenvalue weighted by Crippen LogP contribution is 2.33. The lowest BCUT2D eigenvalue weighted by atomic mass is 10.1. The van der Waals surface area contributed by atoms with Crippen LogP contribution in [0, 0.1) is 5.82 Å². The number of piperidine rings is 1. The summed E-state index contributed by atoms with van der Waals surface area (Å²) in [5.74, 6) is -0.608. The largest absolute Gasteiger partial charge is 0.415 e. The summed E-state index contributed by atoms with van der Waals surface area (Å²) in [6.07, 6.45) is 7.86. The Labute approximate surface area is 203 Å². The highest BCUT2D eigenvalue weighted by molar-refractivity contribution is 8.18. The van der Waals surface area contributed by atoms with Crippen molar-refractivity contribution in [1.82, 2.24) is 20.2 Å². The van der Waals surface area contributed by atoms with Crippen LogP contribution >= 0.6 is 11.8 Å². The molecule has 1 N–H and O–H groups in total. The SMILES string of the molecule is O=C1N=C(N2CCCCN2)SC1=Cc1cc(F)ccc1OC(=O)N1CC[C@@H](N2CCCCC2)C1. The van der Waals surface area contributed by atoms with Crippen molar-refractivity contribution in [1.29, 1.82) is 0 Å². The van der Waals surface area contributed by atoms with Crippen molar-refractivity contribution in [3.05, 3.63) is 34.5 Å². The van der Waals surface area contributed by atoms with Gasteiger partial charge in [0.2, 0.25) is 0 Å². The first kappa shape index (κ1) is 23.3. The van der Waals surface area contributed by atoms with Gasteiger partial charge in [0.15, 0.2) is 5.17 Å². The van der Waals surface area contributed by atoms with Gasteiger partial charge in [0, 0.05) is 37.8 Å². The molecule has 1 aromatic rings. The molecular formula is C24H30FN5O3S. The first-order valence-electron chi connectivity index (χ1n) is 12.1. The van der Waals surface area contributed by atoms with Crippen molar-refractivity contribution in [3.8, 4) is 5.75 Å². The lowest BCUT2D eigenvalue weighted by molar-refractivity contribution is -0.113. The van der Waals surface area contributed by atoms with Gasteiger partial charge in [-0.05, 0) is 81.2 Å². The van der Waals surface area contributed by atoms with E-state index in [9.17, 15) is 14.0 Å². The molecule has 8 nitrogen and oxygen atoms in total. The smallest absolute Gasteiger partial charge is 0.410 e. The standard InChI is InChI=1S/C24H30FN5O3S/c25-18-6-7-20(33-24(32)29-13-8-19(16-29)28-10-3-1-4-11-28)17(14-18)15-21-22(31)27-23(34-21)30-12-5-2-9-26-30/h6-7,14-15,19,26H,1-5,8-13,16H2/t19-/m1/s1. The molecule has 4 aliphatic rings. The summed E-state index contributed by atoms with van der Waals surface area (Å²) in [6.45, 7) is 5.09. The van der Waals surface area contributed by atoms with Crippen LogP contribution < -0.4 is 10.2 Å². The number of amides is 2. The maximum atomic E-state index is 14.1. The van der Waals surface area contributed by atoms with Crippen LogP contribution in [0.25, 0.3) is 6.08 Å². The van der Waals surface area contributed by atoms with Gasteiger partial charge in [-0.15, -0.1) is 0 Å². The predicted molar refractivity (Wildman–Crippen MR) is 130 cm³/mol. The number of hydrogen-bond acceptors (Lipinski definition) is 7. The third-order valence-corrected chi connectivity index (χ3v) is 7.74. The van der Waals surface area contributed by atoms with Gasteiger partial charge in [0.1, 0.15) is 11.6 Å². The quantitative estimate of drug-likeness (QED) is 0.655. The number of aliphatic imine (C=N–C) groups is 1. The number of nitrogens with one attached hydrogen (secondary N) is 1. The van der Waals surface area contributed by atoms with E-state index in [1.807, 2.05) is 5.01 Å². The molecule has 1 aromatic carbocycles. The summed E-state index contributed by atoms with van der Waals surface area (Å²) in [7, 11) is 0.